The van der Waals surface area contributed by atoms with E-state index in [1.165, 1.54) is 5.56 Å². The molecule has 6 nitrogen and oxygen atoms in total. The molecule has 138 valence electrons. The van der Waals surface area contributed by atoms with Crippen molar-refractivity contribution in [1.29, 1.82) is 0 Å². The summed E-state index contributed by atoms with van der Waals surface area (Å²) in [5.74, 6) is 0.977. The number of piperidine rings is 2. The summed E-state index contributed by atoms with van der Waals surface area (Å²) in [6.45, 7) is 8.54. The van der Waals surface area contributed by atoms with Crippen LogP contribution in [0.15, 0.2) is 0 Å². The normalized spacial score (nSPS) is 23.7. The molecule has 0 unspecified atom stereocenters. The lowest BCUT2D eigenvalue weighted by Crippen LogP contribution is -2.57. The van der Waals surface area contributed by atoms with Crippen LogP contribution in [0, 0.1) is 19.8 Å². The zero-order valence-electron chi connectivity index (χ0n) is 15.7. The van der Waals surface area contributed by atoms with E-state index in [9.17, 15) is 9.59 Å². The van der Waals surface area contributed by atoms with Crippen LogP contribution in [-0.4, -0.2) is 57.5 Å². The predicted octanol–water partition coefficient (Wildman–Crippen LogP) is 2.21. The molecule has 25 heavy (non-hydrogen) atoms. The zero-order valence-corrected chi connectivity index (χ0v) is 15.7. The molecule has 3 heterocycles. The summed E-state index contributed by atoms with van der Waals surface area (Å²) in [5, 5.41) is 7.19. The van der Waals surface area contributed by atoms with Gasteiger partial charge in [-0.25, -0.2) is 0 Å². The van der Waals surface area contributed by atoms with E-state index in [4.69, 9.17) is 0 Å². The summed E-state index contributed by atoms with van der Waals surface area (Å²) < 4.78 is 0. The van der Waals surface area contributed by atoms with Crippen LogP contribution in [-0.2, 0) is 16.0 Å². The number of carbonyl (C=O) groups excluding carboxylic acids is 2. The van der Waals surface area contributed by atoms with Crippen molar-refractivity contribution in [3.63, 3.8) is 0 Å². The third-order valence-electron chi connectivity index (χ3n) is 5.83. The van der Waals surface area contributed by atoms with Crippen LogP contribution in [0.1, 0.15) is 56.0 Å². The minimum atomic E-state index is 0.234. The molecular formula is C19H30N4O2. The molecule has 2 aliphatic heterocycles. The highest BCUT2D eigenvalue weighted by atomic mass is 16.2. The van der Waals surface area contributed by atoms with Crippen molar-refractivity contribution in [1.82, 2.24) is 20.0 Å². The summed E-state index contributed by atoms with van der Waals surface area (Å²) in [6.07, 6.45) is 4.77. The van der Waals surface area contributed by atoms with E-state index in [0.717, 1.165) is 56.7 Å². The summed E-state index contributed by atoms with van der Waals surface area (Å²) in [6, 6.07) is 0.337. The minimum Gasteiger partial charge on any atom is -0.342 e. The van der Waals surface area contributed by atoms with Gasteiger partial charge in [-0.2, -0.15) is 5.10 Å². The van der Waals surface area contributed by atoms with Gasteiger partial charge in [-0.05, 0) is 51.0 Å². The van der Waals surface area contributed by atoms with Gasteiger partial charge in [0.15, 0.2) is 0 Å². The van der Waals surface area contributed by atoms with E-state index in [-0.39, 0.29) is 5.91 Å². The van der Waals surface area contributed by atoms with Crippen LogP contribution in [0.4, 0.5) is 0 Å². The van der Waals surface area contributed by atoms with Gasteiger partial charge in [0.25, 0.3) is 0 Å². The van der Waals surface area contributed by atoms with Gasteiger partial charge in [-0.3, -0.25) is 14.7 Å². The molecule has 0 spiro atoms. The Kier molecular flexibility index (Phi) is 5.45. The molecule has 0 aromatic carbocycles. The average Bonchev–Trinajstić information content (AvgIpc) is 2.93. The molecule has 2 amide bonds. The maximum absolute atomic E-state index is 12.7. The molecule has 2 fully saturated rings. The quantitative estimate of drug-likeness (QED) is 0.889. The van der Waals surface area contributed by atoms with Gasteiger partial charge in [-0.15, -0.1) is 0 Å². The second-order valence-electron chi connectivity index (χ2n) is 7.49. The fraction of sp³-hybridized carbons (Fsp3) is 0.737. The highest BCUT2D eigenvalue weighted by molar-refractivity contribution is 5.78. The first kappa shape index (κ1) is 18.0. The van der Waals surface area contributed by atoms with E-state index < -0.39 is 0 Å². The van der Waals surface area contributed by atoms with E-state index >= 15 is 0 Å². The van der Waals surface area contributed by atoms with Gasteiger partial charge in [0.2, 0.25) is 11.8 Å². The van der Waals surface area contributed by atoms with Crippen LogP contribution in [0.5, 0.6) is 0 Å². The number of aromatic amines is 1. The fourth-order valence-electron chi connectivity index (χ4n) is 4.44. The lowest BCUT2D eigenvalue weighted by molar-refractivity contribution is -0.144. The van der Waals surface area contributed by atoms with Crippen molar-refractivity contribution < 1.29 is 9.59 Å². The Labute approximate surface area is 149 Å². The molecule has 0 aliphatic carbocycles. The molecule has 0 bridgehead atoms. The molecule has 1 aromatic heterocycles. The maximum atomic E-state index is 12.7. The number of amides is 2. The number of likely N-dealkylation sites (tertiary alicyclic amines) is 2. The Morgan fingerprint density at radius 1 is 1.32 bits per heavy atom. The first-order valence-electron chi connectivity index (χ1n) is 9.59. The number of hydrogen-bond acceptors (Lipinski definition) is 3. The van der Waals surface area contributed by atoms with Crippen LogP contribution >= 0.6 is 0 Å². The predicted molar refractivity (Wildman–Crippen MR) is 96.1 cm³/mol. The van der Waals surface area contributed by atoms with E-state index in [1.54, 1.807) is 0 Å². The number of aryl methyl sites for hydroxylation is 2. The third-order valence-corrected chi connectivity index (χ3v) is 5.83. The Balaban J connectivity index is 1.57. The highest BCUT2D eigenvalue weighted by Crippen LogP contribution is 2.31. The second kappa shape index (κ2) is 7.58. The Hall–Kier alpha value is -1.85. The zero-order chi connectivity index (χ0) is 18.0. The summed E-state index contributed by atoms with van der Waals surface area (Å²) in [4.78, 5) is 29.0. The molecular weight excluding hydrogens is 316 g/mol. The number of hydrogen-bond donors (Lipinski definition) is 1. The van der Waals surface area contributed by atoms with Crippen molar-refractivity contribution in [2.75, 3.05) is 19.6 Å². The van der Waals surface area contributed by atoms with Crippen LogP contribution in [0.3, 0.4) is 0 Å². The molecule has 2 aliphatic rings. The van der Waals surface area contributed by atoms with E-state index in [2.05, 4.69) is 22.0 Å². The number of aromatic nitrogens is 2. The first-order valence-corrected chi connectivity index (χ1v) is 9.59. The summed E-state index contributed by atoms with van der Waals surface area (Å²) in [5.41, 5.74) is 3.22. The van der Waals surface area contributed by atoms with Gasteiger partial charge in [-0.1, -0.05) is 6.92 Å². The Bertz CT molecular complexity index is 620. The van der Waals surface area contributed by atoms with Crippen molar-refractivity contribution in [2.24, 2.45) is 5.92 Å². The lowest BCUT2D eigenvalue weighted by Gasteiger charge is -2.47. The standard InChI is InChI=1S/C19H30N4O2/c1-4-10-23-17-9-11-22(12-15(17)5-7-19(23)25)18(24)8-6-16-13(2)20-21-14(16)3/h15,17H,4-12H2,1-3H3,(H,20,21)/t15-,17+/m0/s1. The number of nitrogens with zero attached hydrogens (tertiary/aromatic N) is 3. The molecule has 6 heteroatoms. The monoisotopic (exact) mass is 346 g/mol. The third kappa shape index (κ3) is 3.72. The summed E-state index contributed by atoms with van der Waals surface area (Å²) in [7, 11) is 0. The topological polar surface area (TPSA) is 69.3 Å². The minimum absolute atomic E-state index is 0.234. The summed E-state index contributed by atoms with van der Waals surface area (Å²) >= 11 is 0. The highest BCUT2D eigenvalue weighted by Gasteiger charge is 2.39. The maximum Gasteiger partial charge on any atom is 0.222 e. The smallest absolute Gasteiger partial charge is 0.222 e. The average molecular weight is 346 g/mol. The Morgan fingerprint density at radius 3 is 2.80 bits per heavy atom. The fourth-order valence-corrected chi connectivity index (χ4v) is 4.44. The first-order chi connectivity index (χ1) is 12.0. The largest absolute Gasteiger partial charge is 0.342 e. The molecule has 0 radical (unpaired) electrons. The van der Waals surface area contributed by atoms with Crippen LogP contribution in [0.2, 0.25) is 0 Å². The number of fused-ring (bicyclic) bond motifs is 1. The number of H-pyrrole nitrogens is 1. The Morgan fingerprint density at radius 2 is 2.12 bits per heavy atom. The van der Waals surface area contributed by atoms with Crippen molar-refractivity contribution in [2.45, 2.75) is 65.3 Å². The molecule has 2 saturated heterocycles. The van der Waals surface area contributed by atoms with Gasteiger partial charge < -0.3 is 9.80 Å². The van der Waals surface area contributed by atoms with Gasteiger partial charge in [0.1, 0.15) is 0 Å². The number of carbonyl (C=O) groups is 2. The van der Waals surface area contributed by atoms with Crippen LogP contribution in [0.25, 0.3) is 0 Å². The van der Waals surface area contributed by atoms with Crippen LogP contribution < -0.4 is 0 Å². The van der Waals surface area contributed by atoms with Gasteiger partial charge in [0, 0.05) is 44.2 Å². The molecule has 1 aromatic rings. The number of rotatable bonds is 5. The lowest BCUT2D eigenvalue weighted by atomic mass is 9.83. The van der Waals surface area contributed by atoms with Gasteiger partial charge >= 0.3 is 0 Å². The van der Waals surface area contributed by atoms with Crippen molar-refractivity contribution in [3.05, 3.63) is 17.0 Å². The molecule has 0 saturated carbocycles. The van der Waals surface area contributed by atoms with Gasteiger partial charge in [0.05, 0.1) is 5.69 Å². The molecule has 1 N–H and O–H groups in total. The van der Waals surface area contributed by atoms with E-state index in [0.29, 0.717) is 30.7 Å². The van der Waals surface area contributed by atoms with Crippen molar-refractivity contribution in [3.8, 4) is 0 Å². The molecule has 2 atom stereocenters. The van der Waals surface area contributed by atoms with Crippen molar-refractivity contribution >= 4 is 11.8 Å². The van der Waals surface area contributed by atoms with E-state index in [1.807, 2.05) is 18.7 Å². The molecule has 3 rings (SSSR count). The second-order valence-corrected chi connectivity index (χ2v) is 7.49. The number of nitrogens with one attached hydrogen (secondary N) is 1. The SMILES string of the molecule is CCCN1C(=O)CC[C@H]2CN(C(=O)CCc3c(C)n[nH]c3C)CC[C@H]21.